The summed E-state index contributed by atoms with van der Waals surface area (Å²) in [5.74, 6) is -1.22. The summed E-state index contributed by atoms with van der Waals surface area (Å²) >= 11 is 0. The molecule has 1 N–H and O–H groups in total. The van der Waals surface area contributed by atoms with Crippen LogP contribution in [0.5, 0.6) is 0 Å². The Balaban J connectivity index is 1.80. The van der Waals surface area contributed by atoms with Gasteiger partial charge in [0, 0.05) is 30.9 Å². The average Bonchev–Trinajstić information content (AvgIpc) is 2.74. The molecule has 0 fully saturated rings. The smallest absolute Gasteiger partial charge is 0.339 e. The predicted molar refractivity (Wildman–Crippen MR) is 122 cm³/mol. The minimum Gasteiger partial charge on any atom is -0.449 e. The molecule has 0 aliphatic carbocycles. The highest BCUT2D eigenvalue weighted by Crippen LogP contribution is 2.23. The van der Waals surface area contributed by atoms with Gasteiger partial charge in [-0.05, 0) is 50.6 Å². The first-order chi connectivity index (χ1) is 15.0. The Hall–Kier alpha value is -3.30. The Morgan fingerprint density at radius 2 is 1.75 bits per heavy atom. The van der Waals surface area contributed by atoms with E-state index < -0.39 is 28.0 Å². The molecule has 0 saturated heterocycles. The summed E-state index contributed by atoms with van der Waals surface area (Å²) in [6, 6.07) is 13.3. The number of benzene rings is 2. The molecule has 3 rings (SSSR count). The summed E-state index contributed by atoms with van der Waals surface area (Å²) in [7, 11) is -0.801. The summed E-state index contributed by atoms with van der Waals surface area (Å²) in [6.45, 7) is 4.97. The lowest BCUT2D eigenvalue weighted by Crippen LogP contribution is -2.30. The van der Waals surface area contributed by atoms with Gasteiger partial charge in [0.05, 0.1) is 16.0 Å². The van der Waals surface area contributed by atoms with Gasteiger partial charge in [-0.2, -0.15) is 0 Å². The van der Waals surface area contributed by atoms with Crippen LogP contribution in [-0.2, 0) is 19.6 Å². The number of hydrogen-bond acceptors (Lipinski definition) is 6. The zero-order valence-corrected chi connectivity index (χ0v) is 19.4. The number of nitrogens with one attached hydrogen (secondary N) is 1. The molecule has 8 nitrogen and oxygen atoms in total. The highest BCUT2D eigenvalue weighted by atomic mass is 32.2. The van der Waals surface area contributed by atoms with E-state index in [1.54, 1.807) is 44.2 Å². The third-order valence-corrected chi connectivity index (χ3v) is 6.77. The molecule has 2 aromatic carbocycles. The fourth-order valence-corrected chi connectivity index (χ4v) is 4.02. The number of amides is 1. The number of aromatic nitrogens is 1. The van der Waals surface area contributed by atoms with Crippen LogP contribution in [0.15, 0.2) is 53.4 Å². The van der Waals surface area contributed by atoms with Crippen molar-refractivity contribution >= 4 is 38.5 Å². The van der Waals surface area contributed by atoms with E-state index in [2.05, 4.69) is 10.3 Å². The highest BCUT2D eigenvalue weighted by molar-refractivity contribution is 7.89. The molecule has 168 valence electrons. The van der Waals surface area contributed by atoms with Crippen molar-refractivity contribution in [3.8, 4) is 0 Å². The third-order valence-electron chi connectivity index (χ3n) is 4.96. The number of sulfonamides is 1. The maximum absolute atomic E-state index is 12.8. The monoisotopic (exact) mass is 455 g/mol. The van der Waals surface area contributed by atoms with Gasteiger partial charge in [0.2, 0.25) is 10.0 Å². The van der Waals surface area contributed by atoms with E-state index in [9.17, 15) is 18.0 Å². The van der Waals surface area contributed by atoms with Crippen LogP contribution in [0.4, 0.5) is 5.69 Å². The van der Waals surface area contributed by atoms with Crippen LogP contribution in [0.2, 0.25) is 0 Å². The number of para-hydroxylation sites is 1. The summed E-state index contributed by atoms with van der Waals surface area (Å²) in [6.07, 6.45) is -1.11. The van der Waals surface area contributed by atoms with Crippen molar-refractivity contribution in [3.63, 3.8) is 0 Å². The van der Waals surface area contributed by atoms with Crippen LogP contribution in [0.3, 0.4) is 0 Å². The number of nitrogens with zero attached hydrogens (tertiary/aromatic N) is 2. The molecule has 1 heterocycles. The van der Waals surface area contributed by atoms with Crippen molar-refractivity contribution in [1.29, 1.82) is 0 Å². The number of aryl methyl sites for hydroxylation is 2. The van der Waals surface area contributed by atoms with Gasteiger partial charge in [-0.1, -0.05) is 24.3 Å². The maximum Gasteiger partial charge on any atom is 0.339 e. The Morgan fingerprint density at radius 1 is 1.06 bits per heavy atom. The number of carbonyl (C=O) groups excluding carboxylic acids is 2. The molecule has 0 aliphatic heterocycles. The van der Waals surface area contributed by atoms with Crippen LogP contribution in [-0.4, -0.2) is 49.8 Å². The zero-order valence-electron chi connectivity index (χ0n) is 18.5. The SMILES string of the molecule is Cc1cc(C(=O)OC(C)C(=O)Nc2cc(S(=O)(=O)N(C)C)ccc2C)c2ccccc2n1. The van der Waals surface area contributed by atoms with E-state index in [-0.39, 0.29) is 4.90 Å². The quantitative estimate of drug-likeness (QED) is 0.572. The standard InChI is InChI=1S/C23H25N3O5S/c1-14-10-11-17(32(29,30)26(4)5)13-21(14)25-22(27)16(3)31-23(28)19-12-15(2)24-20-9-7-6-8-18(19)20/h6-13,16H,1-5H3,(H,25,27). The Labute approximate surface area is 187 Å². The lowest BCUT2D eigenvalue weighted by Gasteiger charge is -2.17. The lowest BCUT2D eigenvalue weighted by atomic mass is 10.1. The van der Waals surface area contributed by atoms with Gasteiger partial charge in [-0.15, -0.1) is 0 Å². The topological polar surface area (TPSA) is 106 Å². The Bertz CT molecular complexity index is 1300. The van der Waals surface area contributed by atoms with Gasteiger partial charge in [0.1, 0.15) is 0 Å². The predicted octanol–water partition coefficient (Wildman–Crippen LogP) is 3.29. The molecule has 1 unspecified atom stereocenters. The van der Waals surface area contributed by atoms with Gasteiger partial charge in [0.25, 0.3) is 5.91 Å². The van der Waals surface area contributed by atoms with Gasteiger partial charge >= 0.3 is 5.97 Å². The minimum atomic E-state index is -3.66. The largest absolute Gasteiger partial charge is 0.449 e. The first-order valence-corrected chi connectivity index (χ1v) is 11.4. The summed E-state index contributed by atoms with van der Waals surface area (Å²) in [5, 5.41) is 3.29. The number of pyridine rings is 1. The second-order valence-corrected chi connectivity index (χ2v) is 9.78. The molecule has 32 heavy (non-hydrogen) atoms. The summed E-state index contributed by atoms with van der Waals surface area (Å²) in [4.78, 5) is 29.9. The average molecular weight is 456 g/mol. The lowest BCUT2D eigenvalue weighted by molar-refractivity contribution is -0.123. The zero-order chi connectivity index (χ0) is 23.6. The molecule has 0 aliphatic rings. The van der Waals surface area contributed by atoms with Crippen LogP contribution in [0, 0.1) is 13.8 Å². The van der Waals surface area contributed by atoms with E-state index in [1.165, 1.54) is 33.2 Å². The maximum atomic E-state index is 12.8. The first-order valence-electron chi connectivity index (χ1n) is 9.92. The van der Waals surface area contributed by atoms with Gasteiger partial charge in [-0.3, -0.25) is 9.78 Å². The van der Waals surface area contributed by atoms with E-state index in [1.807, 2.05) is 6.07 Å². The minimum absolute atomic E-state index is 0.0479. The fraction of sp³-hybridized carbons (Fsp3) is 0.261. The number of esters is 1. The molecule has 1 atom stereocenters. The summed E-state index contributed by atoms with van der Waals surface area (Å²) in [5.41, 5.74) is 2.63. The van der Waals surface area contributed by atoms with Crippen molar-refractivity contribution in [2.24, 2.45) is 0 Å². The summed E-state index contributed by atoms with van der Waals surface area (Å²) < 4.78 is 31.3. The molecular formula is C23H25N3O5S. The number of rotatable bonds is 6. The number of fused-ring (bicyclic) bond motifs is 1. The molecule has 0 bridgehead atoms. The molecule has 0 radical (unpaired) electrons. The number of ether oxygens (including phenoxy) is 1. The molecule has 3 aromatic rings. The fourth-order valence-electron chi connectivity index (χ4n) is 3.10. The van der Waals surface area contributed by atoms with Crippen LogP contribution in [0.1, 0.15) is 28.5 Å². The van der Waals surface area contributed by atoms with Gasteiger partial charge in [-0.25, -0.2) is 17.5 Å². The van der Waals surface area contributed by atoms with Gasteiger partial charge < -0.3 is 10.1 Å². The van der Waals surface area contributed by atoms with Crippen molar-refractivity contribution in [2.75, 3.05) is 19.4 Å². The molecular weight excluding hydrogens is 430 g/mol. The van der Waals surface area contributed by atoms with E-state index >= 15 is 0 Å². The molecule has 1 aromatic heterocycles. The number of carbonyl (C=O) groups is 2. The van der Waals surface area contributed by atoms with E-state index in [0.29, 0.717) is 33.4 Å². The Kier molecular flexibility index (Phi) is 6.61. The van der Waals surface area contributed by atoms with E-state index in [0.717, 1.165) is 4.31 Å². The first kappa shape index (κ1) is 23.4. The highest BCUT2D eigenvalue weighted by Gasteiger charge is 2.23. The van der Waals surface area contributed by atoms with Crippen LogP contribution >= 0.6 is 0 Å². The van der Waals surface area contributed by atoms with Crippen LogP contribution in [0.25, 0.3) is 10.9 Å². The normalized spacial score (nSPS) is 12.6. The van der Waals surface area contributed by atoms with Crippen molar-refractivity contribution in [2.45, 2.75) is 31.8 Å². The molecule has 9 heteroatoms. The second-order valence-electron chi connectivity index (χ2n) is 7.63. The number of anilines is 1. The van der Waals surface area contributed by atoms with Crippen LogP contribution < -0.4 is 5.32 Å². The van der Waals surface area contributed by atoms with Crippen molar-refractivity contribution < 1.29 is 22.7 Å². The molecule has 1 amide bonds. The Morgan fingerprint density at radius 3 is 2.44 bits per heavy atom. The number of hydrogen-bond donors (Lipinski definition) is 1. The molecule has 0 spiro atoms. The third kappa shape index (κ3) is 4.79. The van der Waals surface area contributed by atoms with Crippen molar-refractivity contribution in [1.82, 2.24) is 9.29 Å². The van der Waals surface area contributed by atoms with Crippen molar-refractivity contribution in [3.05, 3.63) is 65.4 Å². The molecule has 0 saturated carbocycles. The van der Waals surface area contributed by atoms with E-state index in [4.69, 9.17) is 4.74 Å². The van der Waals surface area contributed by atoms with Gasteiger partial charge in [0.15, 0.2) is 6.10 Å². The second kappa shape index (κ2) is 9.05.